The Bertz CT molecular complexity index is 922. The SMILES string of the molecule is C/C=C/c1ccc(OCC(O)CN2CCN(C(=O)c3cccc(OC)c3)CC2)c(OC)c1. The third-order valence-corrected chi connectivity index (χ3v) is 5.42. The number of aliphatic hydroxyl groups is 1. The van der Waals surface area contributed by atoms with E-state index in [-0.39, 0.29) is 12.5 Å². The molecule has 1 aliphatic heterocycles. The third-order valence-electron chi connectivity index (χ3n) is 5.42. The molecule has 1 unspecified atom stereocenters. The number of rotatable bonds is 9. The highest BCUT2D eigenvalue weighted by Gasteiger charge is 2.24. The van der Waals surface area contributed by atoms with Crippen LogP contribution in [-0.4, -0.2) is 80.5 Å². The van der Waals surface area contributed by atoms with Gasteiger partial charge in [-0.2, -0.15) is 0 Å². The number of hydrogen-bond donors (Lipinski definition) is 1. The van der Waals surface area contributed by atoms with E-state index in [0.717, 1.165) is 5.56 Å². The summed E-state index contributed by atoms with van der Waals surface area (Å²) in [5.74, 6) is 1.91. The van der Waals surface area contributed by atoms with Crippen molar-refractivity contribution >= 4 is 12.0 Å². The predicted molar refractivity (Wildman–Crippen MR) is 125 cm³/mol. The molecule has 0 spiro atoms. The van der Waals surface area contributed by atoms with Crippen molar-refractivity contribution in [2.45, 2.75) is 13.0 Å². The number of ether oxygens (including phenoxy) is 3. The summed E-state index contributed by atoms with van der Waals surface area (Å²) in [4.78, 5) is 16.7. The van der Waals surface area contributed by atoms with E-state index >= 15 is 0 Å². The molecular weight excluding hydrogens is 408 g/mol. The van der Waals surface area contributed by atoms with E-state index in [1.54, 1.807) is 26.4 Å². The minimum atomic E-state index is -0.643. The number of β-amino-alcohol motifs (C(OH)–C–C–N with tert-alkyl or cyclic N) is 1. The molecule has 0 aromatic heterocycles. The summed E-state index contributed by atoms with van der Waals surface area (Å²) in [6.45, 7) is 5.25. The number of allylic oxidation sites excluding steroid dienone is 1. The zero-order valence-electron chi connectivity index (χ0n) is 19.0. The number of benzene rings is 2. The number of methoxy groups -OCH3 is 2. The Morgan fingerprint density at radius 3 is 2.53 bits per heavy atom. The van der Waals surface area contributed by atoms with Gasteiger partial charge in [-0.15, -0.1) is 0 Å². The van der Waals surface area contributed by atoms with Gasteiger partial charge in [0.2, 0.25) is 0 Å². The average Bonchev–Trinajstić information content (AvgIpc) is 2.83. The Labute approximate surface area is 189 Å². The Hall–Kier alpha value is -3.03. The molecule has 1 fully saturated rings. The first-order chi connectivity index (χ1) is 15.5. The van der Waals surface area contributed by atoms with Crippen molar-refractivity contribution in [2.75, 3.05) is 53.6 Å². The maximum Gasteiger partial charge on any atom is 0.254 e. The van der Waals surface area contributed by atoms with Gasteiger partial charge >= 0.3 is 0 Å². The Kier molecular flexibility index (Phi) is 8.53. The van der Waals surface area contributed by atoms with E-state index in [4.69, 9.17) is 14.2 Å². The highest BCUT2D eigenvalue weighted by Crippen LogP contribution is 2.28. The smallest absolute Gasteiger partial charge is 0.254 e. The molecule has 1 amide bonds. The highest BCUT2D eigenvalue weighted by atomic mass is 16.5. The molecule has 2 aromatic carbocycles. The molecule has 0 aliphatic carbocycles. The minimum Gasteiger partial charge on any atom is -0.497 e. The topological polar surface area (TPSA) is 71.5 Å². The van der Waals surface area contributed by atoms with Crippen molar-refractivity contribution in [1.29, 1.82) is 0 Å². The number of hydrogen-bond acceptors (Lipinski definition) is 6. The van der Waals surface area contributed by atoms with Crippen molar-refractivity contribution in [3.05, 3.63) is 59.7 Å². The van der Waals surface area contributed by atoms with E-state index in [9.17, 15) is 9.90 Å². The van der Waals surface area contributed by atoms with Crippen molar-refractivity contribution in [1.82, 2.24) is 9.80 Å². The number of aliphatic hydroxyl groups excluding tert-OH is 1. The van der Waals surface area contributed by atoms with Crippen LogP contribution < -0.4 is 14.2 Å². The van der Waals surface area contributed by atoms with Crippen LogP contribution in [0.1, 0.15) is 22.8 Å². The second-order valence-corrected chi connectivity index (χ2v) is 7.70. The molecule has 0 radical (unpaired) electrons. The second-order valence-electron chi connectivity index (χ2n) is 7.70. The maximum atomic E-state index is 12.7. The van der Waals surface area contributed by atoms with Crippen LogP contribution in [0.4, 0.5) is 0 Å². The van der Waals surface area contributed by atoms with E-state index in [1.165, 1.54) is 0 Å². The zero-order chi connectivity index (χ0) is 22.9. The van der Waals surface area contributed by atoms with Crippen LogP contribution in [0.15, 0.2) is 48.5 Å². The lowest BCUT2D eigenvalue weighted by molar-refractivity contribution is 0.0400. The molecule has 2 aromatic rings. The van der Waals surface area contributed by atoms with Gasteiger partial charge in [-0.3, -0.25) is 9.69 Å². The number of nitrogens with zero attached hydrogens (tertiary/aromatic N) is 2. The van der Waals surface area contributed by atoms with Crippen LogP contribution in [0.25, 0.3) is 6.08 Å². The van der Waals surface area contributed by atoms with Gasteiger partial charge in [0.25, 0.3) is 5.91 Å². The number of piperazine rings is 1. The predicted octanol–water partition coefficient (Wildman–Crippen LogP) is 2.93. The summed E-state index contributed by atoms with van der Waals surface area (Å²) in [7, 11) is 3.19. The second kappa shape index (κ2) is 11.5. The highest BCUT2D eigenvalue weighted by molar-refractivity contribution is 5.94. The Morgan fingerprint density at radius 1 is 1.06 bits per heavy atom. The Balaban J connectivity index is 1.46. The number of carbonyl (C=O) groups excluding carboxylic acids is 1. The van der Waals surface area contributed by atoms with Gasteiger partial charge in [0.15, 0.2) is 11.5 Å². The van der Waals surface area contributed by atoms with E-state index in [2.05, 4.69) is 4.90 Å². The van der Waals surface area contributed by atoms with E-state index < -0.39 is 6.10 Å². The number of carbonyl (C=O) groups is 1. The quantitative estimate of drug-likeness (QED) is 0.647. The molecule has 172 valence electrons. The summed E-state index contributed by atoms with van der Waals surface area (Å²) < 4.78 is 16.4. The first kappa shape index (κ1) is 23.6. The number of amides is 1. The van der Waals surface area contributed by atoms with Crippen LogP contribution in [0.5, 0.6) is 17.2 Å². The van der Waals surface area contributed by atoms with Crippen LogP contribution in [0.3, 0.4) is 0 Å². The lowest BCUT2D eigenvalue weighted by atomic mass is 10.1. The largest absolute Gasteiger partial charge is 0.497 e. The minimum absolute atomic E-state index is 0.000826. The molecule has 32 heavy (non-hydrogen) atoms. The van der Waals surface area contributed by atoms with Gasteiger partial charge in [-0.25, -0.2) is 0 Å². The summed E-state index contributed by atoms with van der Waals surface area (Å²) in [5, 5.41) is 10.5. The van der Waals surface area contributed by atoms with Crippen LogP contribution >= 0.6 is 0 Å². The van der Waals surface area contributed by atoms with Crippen molar-refractivity contribution < 1.29 is 24.1 Å². The van der Waals surface area contributed by atoms with Crippen LogP contribution in [0.2, 0.25) is 0 Å². The lowest BCUT2D eigenvalue weighted by Crippen LogP contribution is -2.51. The van der Waals surface area contributed by atoms with Crippen molar-refractivity contribution in [2.24, 2.45) is 0 Å². The molecule has 0 saturated carbocycles. The van der Waals surface area contributed by atoms with Crippen molar-refractivity contribution in [3.8, 4) is 17.2 Å². The fourth-order valence-corrected chi connectivity index (χ4v) is 3.71. The first-order valence-corrected chi connectivity index (χ1v) is 10.8. The summed E-state index contributed by atoms with van der Waals surface area (Å²) in [5.41, 5.74) is 1.65. The van der Waals surface area contributed by atoms with Gasteiger partial charge in [0, 0.05) is 38.3 Å². The summed E-state index contributed by atoms with van der Waals surface area (Å²) in [6.07, 6.45) is 3.30. The van der Waals surface area contributed by atoms with E-state index in [0.29, 0.717) is 55.5 Å². The summed E-state index contributed by atoms with van der Waals surface area (Å²) in [6, 6.07) is 12.9. The normalized spacial score (nSPS) is 15.6. The molecule has 0 bridgehead atoms. The molecule has 7 heteroatoms. The standard InChI is InChI=1S/C25H32N2O5/c1-4-6-19-9-10-23(24(15-19)31-3)32-18-21(28)17-26-11-13-27(14-12-26)25(29)20-7-5-8-22(16-20)30-2/h4-10,15-16,21,28H,11-14,17-18H2,1-3H3/b6-4+. The molecule has 7 nitrogen and oxygen atoms in total. The van der Waals surface area contributed by atoms with Crippen molar-refractivity contribution in [3.63, 3.8) is 0 Å². The van der Waals surface area contributed by atoms with Gasteiger partial charge < -0.3 is 24.2 Å². The molecule has 1 aliphatic rings. The van der Waals surface area contributed by atoms with Crippen LogP contribution in [0, 0.1) is 0 Å². The van der Waals surface area contributed by atoms with Gasteiger partial charge in [-0.1, -0.05) is 24.3 Å². The molecule has 1 N–H and O–H groups in total. The zero-order valence-corrected chi connectivity index (χ0v) is 19.0. The Morgan fingerprint density at radius 2 is 1.84 bits per heavy atom. The molecule has 1 saturated heterocycles. The first-order valence-electron chi connectivity index (χ1n) is 10.8. The van der Waals surface area contributed by atoms with Gasteiger partial charge in [-0.05, 0) is 42.8 Å². The van der Waals surface area contributed by atoms with Crippen LogP contribution in [-0.2, 0) is 0 Å². The maximum absolute atomic E-state index is 12.7. The molecule has 1 atom stereocenters. The molecule has 3 rings (SSSR count). The molecule has 1 heterocycles. The fourth-order valence-electron chi connectivity index (χ4n) is 3.71. The van der Waals surface area contributed by atoms with E-state index in [1.807, 2.05) is 54.3 Å². The fraction of sp³-hybridized carbons (Fsp3) is 0.400. The van der Waals surface area contributed by atoms with Gasteiger partial charge in [0.05, 0.1) is 14.2 Å². The third kappa shape index (κ3) is 6.24. The summed E-state index contributed by atoms with van der Waals surface area (Å²) >= 11 is 0. The van der Waals surface area contributed by atoms with Gasteiger partial charge in [0.1, 0.15) is 18.5 Å². The molecular formula is C25H32N2O5. The average molecular weight is 441 g/mol. The monoisotopic (exact) mass is 440 g/mol. The lowest BCUT2D eigenvalue weighted by Gasteiger charge is -2.35.